The summed E-state index contributed by atoms with van der Waals surface area (Å²) in [4.78, 5) is 22.4. The molecule has 0 aliphatic heterocycles. The lowest BCUT2D eigenvalue weighted by Gasteiger charge is -1.94. The Labute approximate surface area is 87.4 Å². The maximum Gasteiger partial charge on any atom is 0.307 e. The second-order valence-corrected chi connectivity index (χ2v) is 3.42. The number of hydrogen-bond acceptors (Lipinski definition) is 3. The Balaban J connectivity index is 2.27. The van der Waals surface area contributed by atoms with E-state index in [0.29, 0.717) is 17.6 Å². The van der Waals surface area contributed by atoms with Gasteiger partial charge in [-0.1, -0.05) is 24.3 Å². The minimum atomic E-state index is -0.411. The minimum Gasteiger partial charge on any atom is -0.434 e. The Morgan fingerprint density at radius 3 is 2.80 bits per heavy atom. The highest BCUT2D eigenvalue weighted by molar-refractivity contribution is 6.13. The molecule has 0 amide bonds. The molecule has 0 radical (unpaired) electrons. The predicted octanol–water partition coefficient (Wildman–Crippen LogP) is 1.87. The van der Waals surface area contributed by atoms with Crippen LogP contribution in [0, 0.1) is 0 Å². The zero-order valence-electron chi connectivity index (χ0n) is 8.32. The van der Waals surface area contributed by atoms with E-state index in [1.165, 1.54) is 13.2 Å². The summed E-state index contributed by atoms with van der Waals surface area (Å²) in [6, 6.07) is 7.40. The summed E-state index contributed by atoms with van der Waals surface area (Å²) >= 11 is 0. The van der Waals surface area contributed by atoms with Crippen molar-refractivity contribution in [1.82, 2.24) is 0 Å². The van der Waals surface area contributed by atoms with Crippen molar-refractivity contribution in [1.29, 1.82) is 0 Å². The molecule has 3 heteroatoms. The molecular weight excluding hydrogens is 192 g/mol. The van der Waals surface area contributed by atoms with Gasteiger partial charge in [-0.15, -0.1) is 0 Å². The van der Waals surface area contributed by atoms with Crippen molar-refractivity contribution in [3.05, 3.63) is 47.2 Å². The van der Waals surface area contributed by atoms with Gasteiger partial charge in [0, 0.05) is 24.5 Å². The number of esters is 1. The maximum absolute atomic E-state index is 11.7. The highest BCUT2D eigenvalue weighted by Gasteiger charge is 2.24. The molecule has 1 aromatic rings. The van der Waals surface area contributed by atoms with Crippen molar-refractivity contribution in [3.8, 4) is 0 Å². The lowest BCUT2D eigenvalue weighted by Crippen LogP contribution is -1.98. The molecule has 0 spiro atoms. The first-order valence-corrected chi connectivity index (χ1v) is 4.67. The summed E-state index contributed by atoms with van der Waals surface area (Å²) in [5.41, 5.74) is 2.23. The van der Waals surface area contributed by atoms with Gasteiger partial charge in [-0.25, -0.2) is 0 Å². The van der Waals surface area contributed by atoms with Gasteiger partial charge in [-0.2, -0.15) is 0 Å². The Morgan fingerprint density at radius 2 is 2.13 bits per heavy atom. The minimum absolute atomic E-state index is 0.0492. The normalized spacial score (nSPS) is 16.6. The monoisotopic (exact) mass is 202 g/mol. The Hall–Kier alpha value is -1.90. The summed E-state index contributed by atoms with van der Waals surface area (Å²) in [5.74, 6) is -0.460. The summed E-state index contributed by atoms with van der Waals surface area (Å²) in [7, 11) is 0. The summed E-state index contributed by atoms with van der Waals surface area (Å²) < 4.78 is 4.71. The Morgan fingerprint density at radius 1 is 1.40 bits per heavy atom. The molecule has 0 unspecified atom stereocenters. The van der Waals surface area contributed by atoms with Crippen molar-refractivity contribution < 1.29 is 14.3 Å². The number of benzene rings is 1. The summed E-state index contributed by atoms with van der Waals surface area (Å²) in [5, 5.41) is 0. The fraction of sp³-hybridized carbons (Fsp3) is 0.167. The molecule has 0 bridgehead atoms. The third kappa shape index (κ3) is 1.81. The van der Waals surface area contributed by atoms with Gasteiger partial charge in [0.25, 0.3) is 0 Å². The number of ether oxygens (including phenoxy) is 1. The Kier molecular flexibility index (Phi) is 2.37. The van der Waals surface area contributed by atoms with Crippen LogP contribution < -0.4 is 0 Å². The smallest absolute Gasteiger partial charge is 0.307 e. The molecule has 15 heavy (non-hydrogen) atoms. The number of fused-ring (bicyclic) bond motifs is 1. The SMILES string of the molecule is CC(=O)OC=C1Cc2ccccc2C1=O. The van der Waals surface area contributed by atoms with Gasteiger partial charge in [0.05, 0.1) is 0 Å². The lowest BCUT2D eigenvalue weighted by atomic mass is 10.1. The molecule has 1 aliphatic carbocycles. The van der Waals surface area contributed by atoms with Crippen LogP contribution in [-0.4, -0.2) is 11.8 Å². The average Bonchev–Trinajstić information content (AvgIpc) is 2.54. The number of allylic oxidation sites excluding steroid dienone is 1. The molecule has 0 aromatic heterocycles. The average molecular weight is 202 g/mol. The summed E-state index contributed by atoms with van der Waals surface area (Å²) in [6.07, 6.45) is 1.80. The van der Waals surface area contributed by atoms with E-state index >= 15 is 0 Å². The highest BCUT2D eigenvalue weighted by atomic mass is 16.5. The van der Waals surface area contributed by atoms with E-state index in [1.807, 2.05) is 18.2 Å². The molecule has 3 nitrogen and oxygen atoms in total. The zero-order chi connectivity index (χ0) is 10.8. The van der Waals surface area contributed by atoms with E-state index in [1.54, 1.807) is 6.07 Å². The third-order valence-corrected chi connectivity index (χ3v) is 2.30. The number of carbonyl (C=O) groups is 2. The highest BCUT2D eigenvalue weighted by Crippen LogP contribution is 2.25. The molecule has 76 valence electrons. The molecular formula is C12H10O3. The van der Waals surface area contributed by atoms with Gasteiger partial charge in [0.2, 0.25) is 0 Å². The lowest BCUT2D eigenvalue weighted by molar-refractivity contribution is -0.135. The first kappa shape index (κ1) is 9.65. The van der Waals surface area contributed by atoms with E-state index in [0.717, 1.165) is 5.56 Å². The van der Waals surface area contributed by atoms with Crippen LogP contribution in [0.5, 0.6) is 0 Å². The van der Waals surface area contributed by atoms with Crippen LogP contribution in [0.3, 0.4) is 0 Å². The van der Waals surface area contributed by atoms with Crippen LogP contribution in [0.25, 0.3) is 0 Å². The molecule has 0 saturated heterocycles. The summed E-state index contributed by atoms with van der Waals surface area (Å²) in [6.45, 7) is 1.31. The van der Waals surface area contributed by atoms with Crippen molar-refractivity contribution >= 4 is 11.8 Å². The second-order valence-electron chi connectivity index (χ2n) is 3.42. The van der Waals surface area contributed by atoms with Gasteiger partial charge >= 0.3 is 5.97 Å². The maximum atomic E-state index is 11.7. The zero-order valence-corrected chi connectivity index (χ0v) is 8.32. The fourth-order valence-electron chi connectivity index (χ4n) is 1.60. The van der Waals surface area contributed by atoms with E-state index in [-0.39, 0.29) is 5.78 Å². The van der Waals surface area contributed by atoms with Crippen molar-refractivity contribution in [2.75, 3.05) is 0 Å². The van der Waals surface area contributed by atoms with Gasteiger partial charge in [0.15, 0.2) is 5.78 Å². The van der Waals surface area contributed by atoms with E-state index in [2.05, 4.69) is 0 Å². The second kappa shape index (κ2) is 3.69. The quantitative estimate of drug-likeness (QED) is 0.396. The number of carbonyl (C=O) groups excluding carboxylic acids is 2. The van der Waals surface area contributed by atoms with Crippen LogP contribution >= 0.6 is 0 Å². The van der Waals surface area contributed by atoms with Crippen molar-refractivity contribution in [2.24, 2.45) is 0 Å². The first-order chi connectivity index (χ1) is 7.18. The van der Waals surface area contributed by atoms with E-state index in [4.69, 9.17) is 4.74 Å². The van der Waals surface area contributed by atoms with Crippen LogP contribution in [0.2, 0.25) is 0 Å². The third-order valence-electron chi connectivity index (χ3n) is 2.30. The Bertz CT molecular complexity index is 458. The van der Waals surface area contributed by atoms with Crippen LogP contribution in [0.4, 0.5) is 0 Å². The molecule has 0 saturated carbocycles. The molecule has 0 fully saturated rings. The van der Waals surface area contributed by atoms with Crippen LogP contribution in [0.15, 0.2) is 36.1 Å². The molecule has 0 heterocycles. The molecule has 2 rings (SSSR count). The number of hydrogen-bond donors (Lipinski definition) is 0. The predicted molar refractivity (Wildman–Crippen MR) is 54.3 cm³/mol. The van der Waals surface area contributed by atoms with Gasteiger partial charge < -0.3 is 4.74 Å². The number of rotatable bonds is 1. The molecule has 1 aromatic carbocycles. The molecule has 0 atom stereocenters. The van der Waals surface area contributed by atoms with Gasteiger partial charge in [-0.05, 0) is 5.56 Å². The van der Waals surface area contributed by atoms with Crippen LogP contribution in [-0.2, 0) is 16.0 Å². The van der Waals surface area contributed by atoms with E-state index in [9.17, 15) is 9.59 Å². The standard InChI is InChI=1S/C12H10O3/c1-8(13)15-7-10-6-9-4-2-3-5-11(9)12(10)14/h2-5,7H,6H2,1H3. The van der Waals surface area contributed by atoms with Crippen molar-refractivity contribution in [3.63, 3.8) is 0 Å². The molecule has 0 N–H and O–H groups in total. The largest absolute Gasteiger partial charge is 0.434 e. The van der Waals surface area contributed by atoms with Gasteiger partial charge in [-0.3, -0.25) is 9.59 Å². The molecule has 1 aliphatic rings. The van der Waals surface area contributed by atoms with E-state index < -0.39 is 5.97 Å². The fourth-order valence-corrected chi connectivity index (χ4v) is 1.60. The topological polar surface area (TPSA) is 43.4 Å². The van der Waals surface area contributed by atoms with Gasteiger partial charge in [0.1, 0.15) is 6.26 Å². The van der Waals surface area contributed by atoms with Crippen LogP contribution in [0.1, 0.15) is 22.8 Å². The number of ketones is 1. The number of Topliss-reactive ketones (excluding diaryl/α,β-unsaturated/α-hetero) is 1. The van der Waals surface area contributed by atoms with Crippen molar-refractivity contribution in [2.45, 2.75) is 13.3 Å². The first-order valence-electron chi connectivity index (χ1n) is 4.67.